The van der Waals surface area contributed by atoms with Crippen LogP contribution in [0.5, 0.6) is 5.75 Å². The fraction of sp³-hybridized carbons (Fsp3) is 0.115. The fourth-order valence-electron chi connectivity index (χ4n) is 4.03. The number of nitrogens with zero attached hydrogens (tertiary/aromatic N) is 3. The lowest BCUT2D eigenvalue weighted by molar-refractivity contribution is -0.274. The van der Waals surface area contributed by atoms with Crippen LogP contribution >= 0.6 is 0 Å². The summed E-state index contributed by atoms with van der Waals surface area (Å²) in [5.74, 6) is -0.285. The fourth-order valence-corrected chi connectivity index (χ4v) is 4.03. The molecule has 6 nitrogen and oxygen atoms in total. The highest BCUT2D eigenvalue weighted by atomic mass is 19.4. The number of allylic oxidation sites excluding steroid dienone is 1. The highest BCUT2D eigenvalue weighted by Gasteiger charge is 2.31. The van der Waals surface area contributed by atoms with E-state index in [1.54, 1.807) is 24.4 Å². The van der Waals surface area contributed by atoms with Crippen molar-refractivity contribution in [1.82, 2.24) is 10.2 Å². The van der Waals surface area contributed by atoms with Crippen LogP contribution < -0.4 is 10.5 Å². The summed E-state index contributed by atoms with van der Waals surface area (Å²) < 4.78 is 41.0. The van der Waals surface area contributed by atoms with E-state index < -0.39 is 6.36 Å². The van der Waals surface area contributed by atoms with Crippen LogP contribution in [0, 0.1) is 0 Å². The zero-order valence-electron chi connectivity index (χ0n) is 18.3. The van der Waals surface area contributed by atoms with Gasteiger partial charge >= 0.3 is 6.36 Å². The van der Waals surface area contributed by atoms with Gasteiger partial charge in [-0.2, -0.15) is 5.10 Å². The first-order chi connectivity index (χ1) is 16.9. The van der Waals surface area contributed by atoms with Gasteiger partial charge in [-0.25, -0.2) is 0 Å². The molecule has 0 saturated carbocycles. The maximum Gasteiger partial charge on any atom is 0.573 e. The molecule has 0 radical (unpaired) electrons. The molecule has 176 valence electrons. The Hall–Kier alpha value is -4.40. The quantitative estimate of drug-likeness (QED) is 0.347. The summed E-state index contributed by atoms with van der Waals surface area (Å²) in [7, 11) is 0. The lowest BCUT2D eigenvalue weighted by Crippen LogP contribution is -2.17. The molecule has 0 amide bonds. The second-order valence-corrected chi connectivity index (χ2v) is 8.00. The Morgan fingerprint density at radius 3 is 2.69 bits per heavy atom. The van der Waals surface area contributed by atoms with Gasteiger partial charge in [0.2, 0.25) is 0 Å². The van der Waals surface area contributed by atoms with E-state index >= 15 is 0 Å². The third-order valence-corrected chi connectivity index (χ3v) is 5.69. The number of nitrogens with two attached hydrogens (primary N) is 1. The molecule has 0 aliphatic carbocycles. The average Bonchev–Trinajstić information content (AvgIpc) is 3.47. The first-order valence-corrected chi connectivity index (χ1v) is 10.8. The summed E-state index contributed by atoms with van der Waals surface area (Å²) in [5, 5.41) is 8.13. The van der Waals surface area contributed by atoms with Crippen LogP contribution in [0.1, 0.15) is 28.2 Å². The van der Waals surface area contributed by atoms with Crippen LogP contribution in [0.25, 0.3) is 10.9 Å². The summed E-state index contributed by atoms with van der Waals surface area (Å²) in [6.45, 7) is 0.263. The molecule has 5 rings (SSSR count). The third kappa shape index (κ3) is 4.93. The van der Waals surface area contributed by atoms with Crippen LogP contribution in [0.15, 0.2) is 89.1 Å². The standard InChI is InChI=1S/C26H20F3N5O/c27-26(28,29)35-20-6-1-16(2-7-20)13-31-23(9-10-30)18-5-8-24-21(11-18)22(15-32-24)17-3-4-19-14-33-34-25(19)12-17/h1-12,14-15,22H,13,30H2,(H,33,34)/b10-9-,31-23?. The summed E-state index contributed by atoms with van der Waals surface area (Å²) in [6, 6.07) is 17.7. The highest BCUT2D eigenvalue weighted by molar-refractivity contribution is 6.09. The monoisotopic (exact) mass is 475 g/mol. The van der Waals surface area contributed by atoms with Crippen molar-refractivity contribution in [3.8, 4) is 5.75 Å². The number of aromatic amines is 1. The molecule has 3 aromatic carbocycles. The zero-order valence-corrected chi connectivity index (χ0v) is 18.3. The predicted octanol–water partition coefficient (Wildman–Crippen LogP) is 5.77. The number of hydrogen-bond donors (Lipinski definition) is 2. The molecule has 1 unspecified atom stereocenters. The minimum Gasteiger partial charge on any atom is -0.406 e. The smallest absolute Gasteiger partial charge is 0.406 e. The van der Waals surface area contributed by atoms with Gasteiger partial charge in [0.15, 0.2) is 0 Å². The van der Waals surface area contributed by atoms with Crippen LogP contribution in [-0.2, 0) is 6.54 Å². The molecule has 1 aliphatic rings. The predicted molar refractivity (Wildman–Crippen MR) is 129 cm³/mol. The number of hydrogen-bond acceptors (Lipinski definition) is 5. The SMILES string of the molecule is N/C=C\C(=NCc1ccc(OC(F)(F)F)cc1)c1ccc2c(c1)C(c1ccc3cn[nH]c3c1)C=N2. The molecule has 1 aliphatic heterocycles. The van der Waals surface area contributed by atoms with E-state index in [1.165, 1.54) is 18.3 Å². The van der Waals surface area contributed by atoms with Crippen LogP contribution in [-0.4, -0.2) is 28.5 Å². The van der Waals surface area contributed by atoms with Crippen molar-refractivity contribution in [2.24, 2.45) is 15.7 Å². The van der Waals surface area contributed by atoms with Gasteiger partial charge in [-0.05, 0) is 59.3 Å². The number of rotatable bonds is 6. The highest BCUT2D eigenvalue weighted by Crippen LogP contribution is 2.37. The van der Waals surface area contributed by atoms with E-state index in [1.807, 2.05) is 30.5 Å². The number of aromatic nitrogens is 2. The lowest BCUT2D eigenvalue weighted by Gasteiger charge is -2.12. The number of benzene rings is 3. The largest absolute Gasteiger partial charge is 0.573 e. The number of ether oxygens (including phenoxy) is 1. The number of aliphatic imine (C=N–C) groups is 2. The van der Waals surface area contributed by atoms with Gasteiger partial charge in [0.25, 0.3) is 0 Å². The molecule has 35 heavy (non-hydrogen) atoms. The van der Waals surface area contributed by atoms with Gasteiger partial charge < -0.3 is 10.5 Å². The van der Waals surface area contributed by atoms with Crippen molar-refractivity contribution in [2.75, 3.05) is 0 Å². The molecular weight excluding hydrogens is 455 g/mol. The molecular formula is C26H20F3N5O. The average molecular weight is 475 g/mol. The molecule has 0 spiro atoms. The minimum atomic E-state index is -4.72. The molecule has 0 saturated heterocycles. The van der Waals surface area contributed by atoms with Gasteiger partial charge in [0.1, 0.15) is 5.75 Å². The van der Waals surface area contributed by atoms with E-state index in [4.69, 9.17) is 5.73 Å². The Labute approximate surface area is 198 Å². The van der Waals surface area contributed by atoms with E-state index in [2.05, 4.69) is 37.1 Å². The lowest BCUT2D eigenvalue weighted by atomic mass is 9.91. The molecule has 9 heteroatoms. The van der Waals surface area contributed by atoms with Gasteiger partial charge in [0.05, 0.1) is 29.7 Å². The zero-order chi connectivity index (χ0) is 24.4. The molecule has 2 heterocycles. The van der Waals surface area contributed by atoms with Crippen molar-refractivity contribution in [3.05, 3.63) is 101 Å². The first kappa shape index (κ1) is 22.4. The first-order valence-electron chi connectivity index (χ1n) is 10.8. The van der Waals surface area contributed by atoms with E-state index in [-0.39, 0.29) is 18.2 Å². The molecule has 1 aromatic heterocycles. The molecule has 0 fully saturated rings. The second kappa shape index (κ2) is 9.09. The Balaban J connectivity index is 1.40. The molecule has 4 aromatic rings. The van der Waals surface area contributed by atoms with Crippen molar-refractivity contribution in [2.45, 2.75) is 18.8 Å². The normalized spacial score (nSPS) is 15.7. The van der Waals surface area contributed by atoms with Gasteiger partial charge in [-0.15, -0.1) is 13.2 Å². The van der Waals surface area contributed by atoms with Crippen molar-refractivity contribution in [1.29, 1.82) is 0 Å². The summed E-state index contributed by atoms with van der Waals surface area (Å²) in [4.78, 5) is 9.22. The summed E-state index contributed by atoms with van der Waals surface area (Å²) >= 11 is 0. The Bertz CT molecular complexity index is 1450. The molecule has 0 bridgehead atoms. The van der Waals surface area contributed by atoms with Crippen molar-refractivity contribution < 1.29 is 17.9 Å². The van der Waals surface area contributed by atoms with Crippen molar-refractivity contribution in [3.63, 3.8) is 0 Å². The maximum absolute atomic E-state index is 12.4. The van der Waals surface area contributed by atoms with Gasteiger partial charge in [-0.3, -0.25) is 15.1 Å². The van der Waals surface area contributed by atoms with Gasteiger partial charge in [-0.1, -0.05) is 30.3 Å². The number of alkyl halides is 3. The second-order valence-electron chi connectivity index (χ2n) is 8.00. The van der Waals surface area contributed by atoms with Gasteiger partial charge in [0, 0.05) is 23.1 Å². The summed E-state index contributed by atoms with van der Waals surface area (Å²) in [5.41, 5.74) is 11.9. The molecule has 1 atom stereocenters. The maximum atomic E-state index is 12.4. The van der Waals surface area contributed by atoms with E-state index in [0.717, 1.165) is 38.8 Å². The van der Waals surface area contributed by atoms with E-state index in [9.17, 15) is 13.2 Å². The molecule has 3 N–H and O–H groups in total. The minimum absolute atomic E-state index is 0.0121. The number of fused-ring (bicyclic) bond motifs is 2. The third-order valence-electron chi connectivity index (χ3n) is 5.69. The Morgan fingerprint density at radius 2 is 1.91 bits per heavy atom. The number of halogens is 3. The number of nitrogens with one attached hydrogen (secondary N) is 1. The van der Waals surface area contributed by atoms with E-state index in [0.29, 0.717) is 5.71 Å². The number of H-pyrrole nitrogens is 1. The Kier molecular flexibility index (Phi) is 5.82. The van der Waals surface area contributed by atoms with Crippen LogP contribution in [0.4, 0.5) is 18.9 Å². The topological polar surface area (TPSA) is 88.6 Å². The van der Waals surface area contributed by atoms with Crippen molar-refractivity contribution >= 4 is 28.5 Å². The van der Waals surface area contributed by atoms with Crippen LogP contribution in [0.2, 0.25) is 0 Å². The van der Waals surface area contributed by atoms with Crippen LogP contribution in [0.3, 0.4) is 0 Å². The Morgan fingerprint density at radius 1 is 1.09 bits per heavy atom. The summed E-state index contributed by atoms with van der Waals surface area (Å²) in [6.07, 6.45) is 2.09.